The average Bonchev–Trinajstić information content (AvgIpc) is 3.06. The summed E-state index contributed by atoms with van der Waals surface area (Å²) in [5.74, 6) is 3.05. The highest BCUT2D eigenvalue weighted by Gasteiger charge is 2.24. The molecule has 0 spiro atoms. The van der Waals surface area contributed by atoms with E-state index >= 15 is 0 Å². The molecule has 0 aromatic carbocycles. The Morgan fingerprint density at radius 2 is 2.22 bits per heavy atom. The number of rotatable bonds is 7. The Morgan fingerprint density at radius 3 is 2.85 bits per heavy atom. The largest absolute Gasteiger partial charge is 0.459 e. The number of nitrogens with one attached hydrogen (secondary N) is 2. The molecule has 1 saturated heterocycles. The van der Waals surface area contributed by atoms with E-state index in [9.17, 15) is 4.79 Å². The minimum atomic E-state index is -0.156. The van der Waals surface area contributed by atoms with Crippen LogP contribution < -0.4 is 10.6 Å². The summed E-state index contributed by atoms with van der Waals surface area (Å²) in [4.78, 5) is 19.1. The maximum atomic E-state index is 12.0. The molecule has 1 unspecified atom stereocenters. The zero-order valence-corrected chi connectivity index (χ0v) is 19.9. The van der Waals surface area contributed by atoms with E-state index in [1.807, 2.05) is 6.92 Å². The maximum Gasteiger partial charge on any atom is 0.287 e. The highest BCUT2D eigenvalue weighted by Crippen LogP contribution is 2.24. The lowest BCUT2D eigenvalue weighted by atomic mass is 10.1. The smallest absolute Gasteiger partial charge is 0.287 e. The number of aliphatic imine (C=N–C) groups is 1. The maximum absolute atomic E-state index is 12.0. The number of nitrogens with zero attached hydrogens (tertiary/aromatic N) is 2. The Kier molecular flexibility index (Phi) is 11.2. The minimum Gasteiger partial charge on any atom is -0.459 e. The molecule has 2 N–H and O–H groups in total. The molecule has 1 aliphatic rings. The molecule has 2 rings (SSSR count). The summed E-state index contributed by atoms with van der Waals surface area (Å²) in [6.07, 6.45) is 2.34. The second-order valence-electron chi connectivity index (χ2n) is 6.88. The molecule has 0 aliphatic carbocycles. The Hall–Kier alpha value is -0.900. The molecule has 1 aliphatic heterocycles. The van der Waals surface area contributed by atoms with Crippen molar-refractivity contribution in [3.05, 3.63) is 23.7 Å². The van der Waals surface area contributed by atoms with E-state index < -0.39 is 0 Å². The summed E-state index contributed by atoms with van der Waals surface area (Å²) in [5, 5.41) is 6.96. The van der Waals surface area contributed by atoms with Crippen LogP contribution >= 0.6 is 35.7 Å². The van der Waals surface area contributed by atoms with Crippen LogP contribution in [0.2, 0.25) is 0 Å². The van der Waals surface area contributed by atoms with Gasteiger partial charge in [0.2, 0.25) is 0 Å². The van der Waals surface area contributed by atoms with Gasteiger partial charge in [0.1, 0.15) is 0 Å². The first kappa shape index (κ1) is 24.1. The highest BCUT2D eigenvalue weighted by atomic mass is 127. The fraction of sp³-hybridized carbons (Fsp3) is 0.684. The van der Waals surface area contributed by atoms with Crippen molar-refractivity contribution < 1.29 is 9.21 Å². The molecule has 2 heterocycles. The Labute approximate surface area is 184 Å². The lowest BCUT2D eigenvalue weighted by Crippen LogP contribution is -2.49. The molecule has 0 radical (unpaired) electrons. The summed E-state index contributed by atoms with van der Waals surface area (Å²) < 4.78 is 5.20. The molecule has 1 amide bonds. The van der Waals surface area contributed by atoms with Crippen molar-refractivity contribution in [2.24, 2.45) is 10.9 Å². The molecule has 154 valence electrons. The third-order valence-corrected chi connectivity index (χ3v) is 5.96. The van der Waals surface area contributed by atoms with Crippen LogP contribution in [-0.4, -0.2) is 60.5 Å². The van der Waals surface area contributed by atoms with Crippen LogP contribution in [0.3, 0.4) is 0 Å². The lowest BCUT2D eigenvalue weighted by molar-refractivity contribution is 0.0925. The number of halogens is 1. The topological polar surface area (TPSA) is 69.9 Å². The second-order valence-corrected chi connectivity index (χ2v) is 8.22. The Balaban J connectivity index is 0.00000364. The first-order chi connectivity index (χ1) is 12.5. The van der Waals surface area contributed by atoms with Gasteiger partial charge in [-0.25, -0.2) is 0 Å². The normalized spacial score (nSPS) is 17.6. The zero-order valence-electron chi connectivity index (χ0n) is 16.8. The monoisotopic (exact) mass is 508 g/mol. The van der Waals surface area contributed by atoms with Gasteiger partial charge in [-0.3, -0.25) is 9.79 Å². The van der Waals surface area contributed by atoms with Gasteiger partial charge in [0, 0.05) is 49.3 Å². The first-order valence-electron chi connectivity index (χ1n) is 9.50. The van der Waals surface area contributed by atoms with Gasteiger partial charge in [-0.2, -0.15) is 11.8 Å². The van der Waals surface area contributed by atoms with Crippen molar-refractivity contribution in [3.8, 4) is 0 Å². The summed E-state index contributed by atoms with van der Waals surface area (Å²) in [6, 6.07) is 1.79. The van der Waals surface area contributed by atoms with Crippen LogP contribution in [-0.2, 0) is 0 Å². The first-order valence-corrected chi connectivity index (χ1v) is 10.5. The third kappa shape index (κ3) is 7.56. The van der Waals surface area contributed by atoms with Crippen LogP contribution in [0, 0.1) is 12.8 Å². The zero-order chi connectivity index (χ0) is 18.9. The molecule has 0 saturated carbocycles. The van der Waals surface area contributed by atoms with E-state index in [2.05, 4.69) is 48.1 Å². The van der Waals surface area contributed by atoms with Crippen LogP contribution in [0.4, 0.5) is 0 Å². The molecule has 0 bridgehead atoms. The molecule has 1 aromatic rings. The van der Waals surface area contributed by atoms with Gasteiger partial charge in [-0.1, -0.05) is 13.8 Å². The van der Waals surface area contributed by atoms with Gasteiger partial charge < -0.3 is 20.0 Å². The van der Waals surface area contributed by atoms with E-state index in [1.165, 1.54) is 0 Å². The van der Waals surface area contributed by atoms with Crippen molar-refractivity contribution in [2.45, 2.75) is 39.4 Å². The molecule has 6 nitrogen and oxygen atoms in total. The summed E-state index contributed by atoms with van der Waals surface area (Å²) in [5.41, 5.74) is 0.859. The fourth-order valence-electron chi connectivity index (χ4n) is 2.85. The number of amides is 1. The number of furan rings is 1. The van der Waals surface area contributed by atoms with Crippen LogP contribution in [0.25, 0.3) is 0 Å². The second kappa shape index (κ2) is 12.5. The van der Waals surface area contributed by atoms with Gasteiger partial charge in [0.05, 0.1) is 6.26 Å². The quantitative estimate of drug-likeness (QED) is 0.256. The fourth-order valence-corrected chi connectivity index (χ4v) is 4.15. The Morgan fingerprint density at radius 1 is 1.44 bits per heavy atom. The van der Waals surface area contributed by atoms with Crippen molar-refractivity contribution >= 4 is 47.6 Å². The van der Waals surface area contributed by atoms with Gasteiger partial charge in [-0.15, -0.1) is 24.0 Å². The highest BCUT2D eigenvalue weighted by molar-refractivity contribution is 14.0. The molecule has 1 atom stereocenters. The number of hydrogen-bond acceptors (Lipinski definition) is 4. The van der Waals surface area contributed by atoms with Crippen LogP contribution in [0.5, 0.6) is 0 Å². The van der Waals surface area contributed by atoms with Crippen molar-refractivity contribution in [1.82, 2.24) is 15.5 Å². The minimum absolute atomic E-state index is 0. The molecule has 1 aromatic heterocycles. The van der Waals surface area contributed by atoms with E-state index in [1.54, 1.807) is 12.3 Å². The molecule has 1 fully saturated rings. The summed E-state index contributed by atoms with van der Waals surface area (Å²) in [7, 11) is 0. The van der Waals surface area contributed by atoms with Gasteiger partial charge in [0.25, 0.3) is 5.91 Å². The lowest BCUT2D eigenvalue weighted by Gasteiger charge is -2.36. The summed E-state index contributed by atoms with van der Waals surface area (Å²) >= 11 is 2.06. The van der Waals surface area contributed by atoms with E-state index in [0.717, 1.165) is 43.3 Å². The molecule has 27 heavy (non-hydrogen) atoms. The van der Waals surface area contributed by atoms with Gasteiger partial charge >= 0.3 is 0 Å². The number of guanidine groups is 1. The molecule has 8 heteroatoms. The number of carbonyl (C=O) groups excluding carboxylic acids is 1. The average molecular weight is 508 g/mol. The van der Waals surface area contributed by atoms with Crippen LogP contribution in [0.1, 0.15) is 43.3 Å². The van der Waals surface area contributed by atoms with E-state index in [4.69, 9.17) is 9.41 Å². The van der Waals surface area contributed by atoms with Crippen LogP contribution in [0.15, 0.2) is 21.7 Å². The van der Waals surface area contributed by atoms with Crippen molar-refractivity contribution in [1.29, 1.82) is 0 Å². The molecular weight excluding hydrogens is 475 g/mol. The predicted molar refractivity (Wildman–Crippen MR) is 124 cm³/mol. The van der Waals surface area contributed by atoms with E-state index in [-0.39, 0.29) is 29.9 Å². The third-order valence-electron chi connectivity index (χ3n) is 4.42. The van der Waals surface area contributed by atoms with Gasteiger partial charge in [-0.05, 0) is 32.3 Å². The standard InChI is InChI=1S/C19H32N4O2S.HI/c1-5-20-19(23-10-12-26-16(13-23)14(2)3)22-9-6-8-21-18(24)17-15(4)7-11-25-17;/h7,11,14,16H,5-6,8-10,12-13H2,1-4H3,(H,20,22)(H,21,24);1H. The number of carbonyl (C=O) groups is 1. The SMILES string of the molecule is CCNC(=NCCCNC(=O)c1occc1C)N1CCSC(C(C)C)C1.I. The Bertz CT molecular complexity index is 606. The van der Waals surface area contributed by atoms with Crippen molar-refractivity contribution in [3.63, 3.8) is 0 Å². The number of hydrogen-bond donors (Lipinski definition) is 2. The van der Waals surface area contributed by atoms with Crippen molar-refractivity contribution in [2.75, 3.05) is 38.5 Å². The molecular formula is C19H33IN4O2S. The predicted octanol–water partition coefficient (Wildman–Crippen LogP) is 3.36. The van der Waals surface area contributed by atoms with E-state index in [0.29, 0.717) is 30.0 Å². The summed E-state index contributed by atoms with van der Waals surface area (Å²) in [6.45, 7) is 12.8. The number of aryl methyl sites for hydroxylation is 1. The van der Waals surface area contributed by atoms with Gasteiger partial charge in [0.15, 0.2) is 11.7 Å². The number of thioether (sulfide) groups is 1.